The Bertz CT molecular complexity index is 304. The molecule has 16 heavy (non-hydrogen) atoms. The average Bonchev–Trinajstić information content (AvgIpc) is 2.89. The van der Waals surface area contributed by atoms with Gasteiger partial charge in [-0.25, -0.2) is 0 Å². The van der Waals surface area contributed by atoms with E-state index in [9.17, 15) is 4.79 Å². The number of epoxide rings is 1. The highest BCUT2D eigenvalue weighted by Gasteiger charge is 2.67. The maximum atomic E-state index is 12.4. The number of carbonyl (C=O) groups is 1. The average molecular weight is 224 g/mol. The van der Waals surface area contributed by atoms with E-state index in [1.807, 2.05) is 6.92 Å². The number of ether oxygens (including phenoxy) is 1. The van der Waals surface area contributed by atoms with Crippen LogP contribution in [0, 0.1) is 17.3 Å². The number of Topliss-reactive ketones (excluding diaryl/α,β-unsaturated/α-hetero) is 1. The van der Waals surface area contributed by atoms with Gasteiger partial charge in [-0.3, -0.25) is 4.79 Å². The van der Waals surface area contributed by atoms with Gasteiger partial charge in [-0.15, -0.1) is 0 Å². The lowest BCUT2D eigenvalue weighted by molar-refractivity contribution is -0.137. The Morgan fingerprint density at radius 1 is 1.31 bits per heavy atom. The van der Waals surface area contributed by atoms with Crippen LogP contribution in [0.1, 0.15) is 53.9 Å². The summed E-state index contributed by atoms with van der Waals surface area (Å²) in [4.78, 5) is 12.4. The van der Waals surface area contributed by atoms with E-state index in [2.05, 4.69) is 27.7 Å². The Balaban J connectivity index is 2.25. The van der Waals surface area contributed by atoms with Crippen molar-refractivity contribution in [3.05, 3.63) is 0 Å². The van der Waals surface area contributed by atoms with Crippen molar-refractivity contribution >= 4 is 5.78 Å². The molecular formula is C14H24O2. The van der Waals surface area contributed by atoms with Crippen LogP contribution in [0.15, 0.2) is 0 Å². The Morgan fingerprint density at radius 2 is 1.88 bits per heavy atom. The van der Waals surface area contributed by atoms with E-state index in [1.165, 1.54) is 12.8 Å². The molecular weight excluding hydrogens is 200 g/mol. The van der Waals surface area contributed by atoms with Crippen LogP contribution in [0.25, 0.3) is 0 Å². The smallest absolute Gasteiger partial charge is 0.172 e. The molecule has 1 heterocycles. The molecule has 0 aromatic rings. The molecule has 1 saturated heterocycles. The standard InChI is InChI=1S/C14H24O2/c1-6-9(7-2)10-8-11-14(5,16-11)12(15)13(10,3)4/h9-11H,6-8H2,1-5H3/t10-,11-,14-/m0/s1. The normalized spacial score (nSPS) is 41.0. The molecule has 2 heteroatoms. The van der Waals surface area contributed by atoms with Gasteiger partial charge in [0.2, 0.25) is 0 Å². The zero-order chi connectivity index (χ0) is 12.1. The summed E-state index contributed by atoms with van der Waals surface area (Å²) in [6.07, 6.45) is 3.61. The largest absolute Gasteiger partial charge is 0.358 e. The number of hydrogen-bond donors (Lipinski definition) is 0. The quantitative estimate of drug-likeness (QED) is 0.689. The first-order valence-electron chi connectivity index (χ1n) is 6.60. The van der Waals surface area contributed by atoms with E-state index in [-0.39, 0.29) is 11.5 Å². The fourth-order valence-corrected chi connectivity index (χ4v) is 3.71. The molecule has 92 valence electrons. The molecule has 0 bridgehead atoms. The van der Waals surface area contributed by atoms with Crippen LogP contribution in [-0.2, 0) is 9.53 Å². The van der Waals surface area contributed by atoms with Gasteiger partial charge in [0.1, 0.15) is 0 Å². The first-order chi connectivity index (χ1) is 7.37. The van der Waals surface area contributed by atoms with Crippen molar-refractivity contribution in [1.29, 1.82) is 0 Å². The third-order valence-electron chi connectivity index (χ3n) is 4.99. The minimum Gasteiger partial charge on any atom is -0.358 e. The van der Waals surface area contributed by atoms with Crippen molar-refractivity contribution in [3.63, 3.8) is 0 Å². The van der Waals surface area contributed by atoms with Gasteiger partial charge in [-0.2, -0.15) is 0 Å². The lowest BCUT2D eigenvalue weighted by Gasteiger charge is -2.41. The summed E-state index contributed by atoms with van der Waals surface area (Å²) in [6.45, 7) is 10.7. The molecule has 2 nitrogen and oxygen atoms in total. The highest BCUT2D eigenvalue weighted by atomic mass is 16.6. The van der Waals surface area contributed by atoms with Gasteiger partial charge in [-0.1, -0.05) is 40.5 Å². The molecule has 1 aliphatic heterocycles. The summed E-state index contributed by atoms with van der Waals surface area (Å²) in [5.41, 5.74) is -0.648. The summed E-state index contributed by atoms with van der Waals surface area (Å²) < 4.78 is 5.63. The van der Waals surface area contributed by atoms with Crippen molar-refractivity contribution in [2.24, 2.45) is 17.3 Å². The molecule has 2 aliphatic rings. The lowest BCUT2D eigenvalue weighted by atomic mass is 9.59. The SMILES string of the molecule is CCC(CC)[C@@H]1C[C@@H]2O[C@]2(C)C(=O)C1(C)C. The van der Waals surface area contributed by atoms with E-state index in [4.69, 9.17) is 4.74 Å². The number of rotatable bonds is 3. The Labute approximate surface area is 98.7 Å². The second-order valence-electron chi connectivity index (χ2n) is 6.18. The van der Waals surface area contributed by atoms with Crippen LogP contribution >= 0.6 is 0 Å². The molecule has 0 amide bonds. The van der Waals surface area contributed by atoms with Crippen LogP contribution in [0.2, 0.25) is 0 Å². The predicted molar refractivity (Wildman–Crippen MR) is 64.2 cm³/mol. The summed E-state index contributed by atoms with van der Waals surface area (Å²) in [5, 5.41) is 0. The van der Waals surface area contributed by atoms with Gasteiger partial charge in [0.15, 0.2) is 11.4 Å². The Hall–Kier alpha value is -0.370. The second-order valence-corrected chi connectivity index (χ2v) is 6.18. The van der Waals surface area contributed by atoms with Crippen molar-refractivity contribution in [2.45, 2.75) is 65.6 Å². The van der Waals surface area contributed by atoms with Gasteiger partial charge in [0.05, 0.1) is 6.10 Å². The van der Waals surface area contributed by atoms with Crippen LogP contribution in [-0.4, -0.2) is 17.5 Å². The topological polar surface area (TPSA) is 29.6 Å². The molecule has 1 saturated carbocycles. The van der Waals surface area contributed by atoms with E-state index in [0.717, 1.165) is 6.42 Å². The first-order valence-corrected chi connectivity index (χ1v) is 6.60. The Kier molecular flexibility index (Phi) is 2.69. The third-order valence-corrected chi connectivity index (χ3v) is 4.99. The minimum atomic E-state index is -0.438. The fourth-order valence-electron chi connectivity index (χ4n) is 3.71. The molecule has 0 aromatic carbocycles. The zero-order valence-electron chi connectivity index (χ0n) is 11.2. The van der Waals surface area contributed by atoms with Crippen LogP contribution < -0.4 is 0 Å². The van der Waals surface area contributed by atoms with E-state index < -0.39 is 5.60 Å². The molecule has 0 radical (unpaired) electrons. The molecule has 0 N–H and O–H groups in total. The number of carbonyl (C=O) groups excluding carboxylic acids is 1. The predicted octanol–water partition coefficient (Wildman–Crippen LogP) is 3.20. The maximum absolute atomic E-state index is 12.4. The van der Waals surface area contributed by atoms with Crippen LogP contribution in [0.4, 0.5) is 0 Å². The number of ketones is 1. The maximum Gasteiger partial charge on any atom is 0.172 e. The van der Waals surface area contributed by atoms with E-state index in [0.29, 0.717) is 17.6 Å². The van der Waals surface area contributed by atoms with Crippen LogP contribution in [0.5, 0.6) is 0 Å². The van der Waals surface area contributed by atoms with Gasteiger partial charge < -0.3 is 4.74 Å². The van der Waals surface area contributed by atoms with E-state index >= 15 is 0 Å². The summed E-state index contributed by atoms with van der Waals surface area (Å²) in [6, 6.07) is 0. The molecule has 0 aromatic heterocycles. The summed E-state index contributed by atoms with van der Waals surface area (Å²) in [5.74, 6) is 1.48. The first kappa shape index (κ1) is 12.1. The van der Waals surface area contributed by atoms with Crippen molar-refractivity contribution < 1.29 is 9.53 Å². The number of hydrogen-bond acceptors (Lipinski definition) is 2. The molecule has 0 spiro atoms. The highest BCUT2D eigenvalue weighted by Crippen LogP contribution is 2.56. The third kappa shape index (κ3) is 1.46. The van der Waals surface area contributed by atoms with Gasteiger partial charge >= 0.3 is 0 Å². The van der Waals surface area contributed by atoms with Gasteiger partial charge in [0, 0.05) is 5.41 Å². The minimum absolute atomic E-state index is 0.207. The van der Waals surface area contributed by atoms with Crippen molar-refractivity contribution in [2.75, 3.05) is 0 Å². The van der Waals surface area contributed by atoms with Crippen molar-refractivity contribution in [1.82, 2.24) is 0 Å². The summed E-state index contributed by atoms with van der Waals surface area (Å²) >= 11 is 0. The second kappa shape index (κ2) is 3.56. The lowest BCUT2D eigenvalue weighted by Crippen LogP contribution is -2.49. The monoisotopic (exact) mass is 224 g/mol. The number of fused-ring (bicyclic) bond motifs is 1. The van der Waals surface area contributed by atoms with Crippen LogP contribution in [0.3, 0.4) is 0 Å². The van der Waals surface area contributed by atoms with Gasteiger partial charge in [0.25, 0.3) is 0 Å². The molecule has 0 unspecified atom stereocenters. The van der Waals surface area contributed by atoms with Gasteiger partial charge in [-0.05, 0) is 25.2 Å². The summed E-state index contributed by atoms with van der Waals surface area (Å²) in [7, 11) is 0. The fraction of sp³-hybridized carbons (Fsp3) is 0.929. The Morgan fingerprint density at radius 3 is 2.38 bits per heavy atom. The zero-order valence-corrected chi connectivity index (χ0v) is 11.2. The van der Waals surface area contributed by atoms with Crippen molar-refractivity contribution in [3.8, 4) is 0 Å². The van der Waals surface area contributed by atoms with E-state index in [1.54, 1.807) is 0 Å². The molecule has 2 fully saturated rings. The molecule has 1 aliphatic carbocycles. The molecule has 2 rings (SSSR count). The highest BCUT2D eigenvalue weighted by molar-refractivity contribution is 5.95. The molecule has 3 atom stereocenters.